The molecule has 0 fully saturated rings. The van der Waals surface area contributed by atoms with E-state index in [4.69, 9.17) is 16.6 Å². The van der Waals surface area contributed by atoms with Crippen molar-refractivity contribution >= 4 is 28.4 Å². The molecule has 0 aliphatic heterocycles. The van der Waals surface area contributed by atoms with Crippen molar-refractivity contribution < 1.29 is 0 Å². The number of aryl methyl sites for hydroxylation is 1. The molecule has 0 bridgehead atoms. The zero-order chi connectivity index (χ0) is 13.7. The molecule has 4 heteroatoms. The summed E-state index contributed by atoms with van der Waals surface area (Å²) in [4.78, 5) is 4.73. The summed E-state index contributed by atoms with van der Waals surface area (Å²) in [6.07, 6.45) is 2.07. The van der Waals surface area contributed by atoms with Crippen LogP contribution in [0.1, 0.15) is 0 Å². The van der Waals surface area contributed by atoms with Crippen molar-refractivity contribution in [1.29, 1.82) is 0 Å². The number of rotatable bonds is 1. The van der Waals surface area contributed by atoms with Gasteiger partial charge in [0.15, 0.2) is 0 Å². The average Bonchev–Trinajstić information content (AvgIpc) is 3.01. The van der Waals surface area contributed by atoms with E-state index in [0.717, 1.165) is 27.6 Å². The van der Waals surface area contributed by atoms with Crippen LogP contribution < -0.4 is 0 Å². The first kappa shape index (κ1) is 11.6. The number of fused-ring (bicyclic) bond motifs is 3. The number of nitrogens with zero attached hydrogens (tertiary/aromatic N) is 3. The molecule has 3 nitrogen and oxygen atoms in total. The molecule has 0 spiro atoms. The molecule has 0 unspecified atom stereocenters. The molecule has 2 aromatic heterocycles. The molecule has 0 amide bonds. The number of para-hydroxylation sites is 2. The van der Waals surface area contributed by atoms with E-state index in [9.17, 15) is 0 Å². The molecule has 0 aliphatic carbocycles. The minimum atomic E-state index is 0.739. The predicted octanol–water partition coefficient (Wildman–Crippen LogP) is 4.15. The Morgan fingerprint density at radius 2 is 1.65 bits per heavy atom. The molecule has 2 heterocycles. The van der Waals surface area contributed by atoms with Gasteiger partial charge in [-0.25, -0.2) is 4.98 Å². The van der Waals surface area contributed by atoms with Crippen LogP contribution >= 0.6 is 11.6 Å². The van der Waals surface area contributed by atoms with Crippen molar-refractivity contribution in [2.45, 2.75) is 0 Å². The molecule has 0 radical (unpaired) electrons. The van der Waals surface area contributed by atoms with E-state index in [1.54, 1.807) is 0 Å². The molecule has 0 saturated heterocycles. The van der Waals surface area contributed by atoms with Crippen LogP contribution in [0, 0.1) is 0 Å². The van der Waals surface area contributed by atoms with Crippen LogP contribution in [0.4, 0.5) is 0 Å². The van der Waals surface area contributed by atoms with E-state index in [-0.39, 0.29) is 0 Å². The molecule has 0 atom stereocenters. The molecule has 0 N–H and O–H groups in total. The quantitative estimate of drug-likeness (QED) is 0.514. The fraction of sp³-hybridized carbons (Fsp3) is 0.0625. The average molecular weight is 282 g/mol. The Morgan fingerprint density at radius 3 is 2.40 bits per heavy atom. The molecule has 98 valence electrons. The molecule has 0 saturated carbocycles. The van der Waals surface area contributed by atoms with Crippen LogP contribution in [-0.2, 0) is 7.05 Å². The first-order valence-electron chi connectivity index (χ1n) is 6.42. The van der Waals surface area contributed by atoms with Crippen LogP contribution in [0.25, 0.3) is 28.1 Å². The van der Waals surface area contributed by atoms with E-state index < -0.39 is 0 Å². The Labute approximate surface area is 121 Å². The summed E-state index contributed by atoms with van der Waals surface area (Å²) in [5, 5.41) is 0.739. The van der Waals surface area contributed by atoms with Crippen molar-refractivity contribution in [3.05, 3.63) is 59.8 Å². The second-order valence-corrected chi connectivity index (χ2v) is 5.29. The lowest BCUT2D eigenvalue weighted by atomic mass is 10.2. The molecule has 2 aromatic carbocycles. The number of imidazole rings is 2. The maximum Gasteiger partial charge on any atom is 0.215 e. The van der Waals surface area contributed by atoms with Crippen molar-refractivity contribution in [3.63, 3.8) is 0 Å². The summed E-state index contributed by atoms with van der Waals surface area (Å²) in [5.41, 5.74) is 4.37. The van der Waals surface area contributed by atoms with Crippen LogP contribution in [0.3, 0.4) is 0 Å². The van der Waals surface area contributed by atoms with Crippen LogP contribution in [0.5, 0.6) is 0 Å². The van der Waals surface area contributed by atoms with Gasteiger partial charge in [0.2, 0.25) is 5.78 Å². The molecule has 20 heavy (non-hydrogen) atoms. The molecular formula is C16H12ClN3. The Balaban J connectivity index is 1.99. The van der Waals surface area contributed by atoms with Gasteiger partial charge in [0.25, 0.3) is 0 Å². The zero-order valence-corrected chi connectivity index (χ0v) is 11.7. The molecule has 4 rings (SSSR count). The van der Waals surface area contributed by atoms with Crippen molar-refractivity contribution in [2.24, 2.45) is 7.05 Å². The Morgan fingerprint density at radius 1 is 0.950 bits per heavy atom. The monoisotopic (exact) mass is 281 g/mol. The van der Waals surface area contributed by atoms with E-state index in [1.807, 2.05) is 43.4 Å². The van der Waals surface area contributed by atoms with Gasteiger partial charge in [-0.2, -0.15) is 0 Å². The third-order valence-corrected chi connectivity index (χ3v) is 3.88. The Bertz CT molecular complexity index is 916. The molecule has 4 aromatic rings. The number of benzene rings is 2. The first-order valence-corrected chi connectivity index (χ1v) is 6.80. The smallest absolute Gasteiger partial charge is 0.215 e. The van der Waals surface area contributed by atoms with Crippen LogP contribution in [0.15, 0.2) is 54.7 Å². The normalized spacial score (nSPS) is 11.5. The second kappa shape index (κ2) is 4.12. The van der Waals surface area contributed by atoms with Crippen molar-refractivity contribution in [2.75, 3.05) is 0 Å². The summed E-state index contributed by atoms with van der Waals surface area (Å²) in [7, 11) is 2.04. The van der Waals surface area contributed by atoms with Crippen LogP contribution in [-0.4, -0.2) is 14.0 Å². The van der Waals surface area contributed by atoms with Crippen LogP contribution in [0.2, 0.25) is 5.02 Å². The van der Waals surface area contributed by atoms with E-state index >= 15 is 0 Å². The Hall–Kier alpha value is -2.26. The summed E-state index contributed by atoms with van der Waals surface area (Å²) in [6.45, 7) is 0. The SMILES string of the molecule is Cn1c2ccccc2n2cc(-c3ccc(Cl)cc3)nc12. The predicted molar refractivity (Wildman–Crippen MR) is 82.1 cm³/mol. The van der Waals surface area contributed by atoms with Gasteiger partial charge >= 0.3 is 0 Å². The molecule has 0 aliphatic rings. The highest BCUT2D eigenvalue weighted by Crippen LogP contribution is 2.25. The maximum absolute atomic E-state index is 5.93. The van der Waals surface area contributed by atoms with Gasteiger partial charge < -0.3 is 4.57 Å². The van der Waals surface area contributed by atoms with E-state index in [0.29, 0.717) is 0 Å². The van der Waals surface area contributed by atoms with E-state index in [1.165, 1.54) is 5.52 Å². The van der Waals surface area contributed by atoms with E-state index in [2.05, 4.69) is 27.3 Å². The number of hydrogen-bond donors (Lipinski definition) is 0. The first-order chi connectivity index (χ1) is 9.74. The fourth-order valence-corrected chi connectivity index (χ4v) is 2.73. The topological polar surface area (TPSA) is 22.2 Å². The van der Waals surface area contributed by atoms with Gasteiger partial charge in [-0.3, -0.25) is 4.40 Å². The highest BCUT2D eigenvalue weighted by Gasteiger charge is 2.11. The number of halogens is 1. The summed E-state index contributed by atoms with van der Waals surface area (Å²) in [5.74, 6) is 0.941. The van der Waals surface area contributed by atoms with Gasteiger partial charge in [0.1, 0.15) is 0 Å². The minimum Gasteiger partial charge on any atom is -0.313 e. The van der Waals surface area contributed by atoms with Crippen molar-refractivity contribution in [3.8, 4) is 11.3 Å². The van der Waals surface area contributed by atoms with Crippen molar-refractivity contribution in [1.82, 2.24) is 14.0 Å². The lowest BCUT2D eigenvalue weighted by molar-refractivity contribution is 0.970. The van der Waals surface area contributed by atoms with Gasteiger partial charge in [0, 0.05) is 23.8 Å². The number of aromatic nitrogens is 3. The second-order valence-electron chi connectivity index (χ2n) is 4.85. The minimum absolute atomic E-state index is 0.739. The van der Waals surface area contributed by atoms with Gasteiger partial charge in [0.05, 0.1) is 16.7 Å². The largest absolute Gasteiger partial charge is 0.313 e. The standard InChI is InChI=1S/C16H12ClN3/c1-19-14-4-2-3-5-15(14)20-10-13(18-16(19)20)11-6-8-12(17)9-7-11/h2-10H,1H3. The summed E-state index contributed by atoms with van der Waals surface area (Å²) >= 11 is 5.93. The Kier molecular flexibility index (Phi) is 2.38. The summed E-state index contributed by atoms with van der Waals surface area (Å²) in [6, 6.07) is 16.1. The molecular weight excluding hydrogens is 270 g/mol. The maximum atomic E-state index is 5.93. The third-order valence-electron chi connectivity index (χ3n) is 3.63. The fourth-order valence-electron chi connectivity index (χ4n) is 2.60. The third kappa shape index (κ3) is 1.57. The number of hydrogen-bond acceptors (Lipinski definition) is 1. The summed E-state index contributed by atoms with van der Waals surface area (Å²) < 4.78 is 4.23. The zero-order valence-electron chi connectivity index (χ0n) is 10.9. The highest BCUT2D eigenvalue weighted by atomic mass is 35.5. The highest BCUT2D eigenvalue weighted by molar-refractivity contribution is 6.30. The van der Waals surface area contributed by atoms with Gasteiger partial charge in [-0.1, -0.05) is 35.9 Å². The lowest BCUT2D eigenvalue weighted by Crippen LogP contribution is -1.88. The van der Waals surface area contributed by atoms with Gasteiger partial charge in [-0.15, -0.1) is 0 Å². The lowest BCUT2D eigenvalue weighted by Gasteiger charge is -1.97. The van der Waals surface area contributed by atoms with Gasteiger partial charge in [-0.05, 0) is 24.3 Å².